The van der Waals surface area contributed by atoms with E-state index in [0.29, 0.717) is 30.4 Å². The molecule has 1 aliphatic heterocycles. The highest BCUT2D eigenvalue weighted by molar-refractivity contribution is 7.14. The number of carbonyl (C=O) groups is 1. The predicted molar refractivity (Wildman–Crippen MR) is 158 cm³/mol. The van der Waals surface area contributed by atoms with Crippen molar-refractivity contribution in [3.8, 4) is 40.7 Å². The standard InChI is InChI=1S/C31H32N5O3P/c1-5-20-8-6-7-9-22(20)21-10-11-25-23(16-21)28(34-36(25)40)24-17-32-18-27(33-24)38-26-19-35(15-14-31(26)12-13-31)29(37)39-30(2,3)4/h1,6-11,16-18,26H,12-15,19,40H2,2-4H3/t26-/m0/s1. The zero-order chi connectivity index (χ0) is 28.1. The van der Waals surface area contributed by atoms with Crippen LogP contribution in [0.2, 0.25) is 0 Å². The molecule has 1 amide bonds. The van der Waals surface area contributed by atoms with Crippen molar-refractivity contribution in [3.63, 3.8) is 0 Å². The van der Waals surface area contributed by atoms with Crippen LogP contribution in [0.3, 0.4) is 0 Å². The van der Waals surface area contributed by atoms with E-state index in [2.05, 4.69) is 26.4 Å². The topological polar surface area (TPSA) is 82.4 Å². The van der Waals surface area contributed by atoms with E-state index in [9.17, 15) is 4.79 Å². The zero-order valence-corrected chi connectivity index (χ0v) is 24.1. The minimum atomic E-state index is -0.547. The molecule has 0 bridgehead atoms. The summed E-state index contributed by atoms with van der Waals surface area (Å²) in [5.74, 6) is 3.19. The molecule has 3 heterocycles. The number of amides is 1. The smallest absolute Gasteiger partial charge is 0.410 e. The summed E-state index contributed by atoms with van der Waals surface area (Å²) in [6, 6.07) is 14.0. The van der Waals surface area contributed by atoms with Crippen molar-refractivity contribution >= 4 is 26.4 Å². The third-order valence-corrected chi connectivity index (χ3v) is 8.10. The molecule has 0 N–H and O–H groups in total. The van der Waals surface area contributed by atoms with E-state index in [1.54, 1.807) is 21.7 Å². The number of terminal acetylenes is 1. The van der Waals surface area contributed by atoms with Crippen LogP contribution < -0.4 is 4.74 Å². The minimum Gasteiger partial charge on any atom is -0.471 e. The summed E-state index contributed by atoms with van der Waals surface area (Å²) in [4.78, 5) is 23.8. The molecule has 2 fully saturated rings. The molecule has 8 nitrogen and oxygen atoms in total. The predicted octanol–water partition coefficient (Wildman–Crippen LogP) is 5.95. The van der Waals surface area contributed by atoms with Crippen LogP contribution in [0.4, 0.5) is 4.79 Å². The van der Waals surface area contributed by atoms with Crippen LogP contribution in [-0.2, 0) is 4.74 Å². The minimum absolute atomic E-state index is 0.0733. The summed E-state index contributed by atoms with van der Waals surface area (Å²) in [6.07, 6.45) is 11.6. The molecule has 6 rings (SSSR count). The first-order valence-electron chi connectivity index (χ1n) is 13.5. The van der Waals surface area contributed by atoms with Gasteiger partial charge in [0.15, 0.2) is 0 Å². The molecule has 0 radical (unpaired) electrons. The molecule has 9 heteroatoms. The summed E-state index contributed by atoms with van der Waals surface area (Å²) >= 11 is 0. The van der Waals surface area contributed by atoms with Crippen LogP contribution in [0.1, 0.15) is 45.6 Å². The van der Waals surface area contributed by atoms with Gasteiger partial charge in [0.2, 0.25) is 5.88 Å². The number of hydrogen-bond acceptors (Lipinski definition) is 6. The van der Waals surface area contributed by atoms with Gasteiger partial charge in [-0.3, -0.25) is 4.98 Å². The quantitative estimate of drug-likeness (QED) is 0.230. The van der Waals surface area contributed by atoms with Crippen molar-refractivity contribution in [2.24, 2.45) is 5.41 Å². The van der Waals surface area contributed by atoms with E-state index in [-0.39, 0.29) is 17.6 Å². The molecule has 2 aliphatic rings. The van der Waals surface area contributed by atoms with E-state index in [4.69, 9.17) is 26.0 Å². The van der Waals surface area contributed by atoms with Gasteiger partial charge in [-0.05, 0) is 78.8 Å². The Morgan fingerprint density at radius 1 is 1.15 bits per heavy atom. The lowest BCUT2D eigenvalue weighted by atomic mass is 9.90. The van der Waals surface area contributed by atoms with Crippen LogP contribution >= 0.6 is 9.39 Å². The van der Waals surface area contributed by atoms with Crippen LogP contribution in [-0.4, -0.2) is 55.3 Å². The SMILES string of the molecule is C#Cc1ccccc1-c1ccc2c(c1)c(-c1cncc(O[C@H]3CN(C(=O)OC(C)(C)C)CCC34CC4)n1)nn2P. The van der Waals surface area contributed by atoms with E-state index in [0.717, 1.165) is 46.9 Å². The molecular formula is C31H32N5O3P. The molecule has 1 saturated carbocycles. The number of aromatic nitrogens is 4. The van der Waals surface area contributed by atoms with Crippen LogP contribution in [0.5, 0.6) is 5.88 Å². The maximum Gasteiger partial charge on any atom is 0.410 e. The van der Waals surface area contributed by atoms with E-state index in [1.807, 2.05) is 57.2 Å². The van der Waals surface area contributed by atoms with Gasteiger partial charge in [0.25, 0.3) is 0 Å². The van der Waals surface area contributed by atoms with Crippen LogP contribution in [0, 0.1) is 17.8 Å². The number of ether oxygens (including phenoxy) is 2. The number of nitrogens with zero attached hydrogens (tertiary/aromatic N) is 5. The number of piperidine rings is 1. The Bertz CT molecular complexity index is 1650. The Morgan fingerprint density at radius 3 is 2.70 bits per heavy atom. The van der Waals surface area contributed by atoms with Crippen molar-refractivity contribution in [1.29, 1.82) is 0 Å². The van der Waals surface area contributed by atoms with Gasteiger partial charge in [0.05, 0.1) is 24.5 Å². The van der Waals surface area contributed by atoms with E-state index < -0.39 is 5.60 Å². The number of likely N-dealkylation sites (tertiary alicyclic amines) is 1. The van der Waals surface area contributed by atoms with Crippen LogP contribution in [0.15, 0.2) is 54.9 Å². The lowest BCUT2D eigenvalue weighted by Gasteiger charge is -2.39. The maximum absolute atomic E-state index is 12.8. The average molecular weight is 554 g/mol. The second kappa shape index (κ2) is 9.91. The summed E-state index contributed by atoms with van der Waals surface area (Å²) in [5.41, 5.74) is 4.59. The first kappa shape index (κ1) is 26.3. The monoisotopic (exact) mass is 553 g/mol. The second-order valence-electron chi connectivity index (χ2n) is 11.6. The van der Waals surface area contributed by atoms with Gasteiger partial charge in [0, 0.05) is 22.9 Å². The fourth-order valence-corrected chi connectivity index (χ4v) is 5.75. The van der Waals surface area contributed by atoms with Gasteiger partial charge >= 0.3 is 6.09 Å². The van der Waals surface area contributed by atoms with Crippen molar-refractivity contribution in [1.82, 2.24) is 24.4 Å². The molecule has 204 valence electrons. The Morgan fingerprint density at radius 2 is 1.95 bits per heavy atom. The zero-order valence-electron chi connectivity index (χ0n) is 22.9. The maximum atomic E-state index is 12.8. The molecule has 2 atom stereocenters. The number of carbonyl (C=O) groups excluding carboxylic acids is 1. The first-order chi connectivity index (χ1) is 19.2. The fourth-order valence-electron chi connectivity index (χ4n) is 5.41. The van der Waals surface area contributed by atoms with Gasteiger partial charge < -0.3 is 14.4 Å². The Balaban J connectivity index is 1.30. The lowest BCUT2D eigenvalue weighted by molar-refractivity contribution is -0.0120. The lowest BCUT2D eigenvalue weighted by Crippen LogP contribution is -2.51. The molecule has 1 aliphatic carbocycles. The highest BCUT2D eigenvalue weighted by Gasteiger charge is 2.54. The number of hydrogen-bond donors (Lipinski definition) is 0. The third-order valence-electron chi connectivity index (χ3n) is 7.71. The van der Waals surface area contributed by atoms with Crippen molar-refractivity contribution < 1.29 is 14.3 Å². The highest BCUT2D eigenvalue weighted by atomic mass is 31.0. The molecule has 4 aromatic rings. The van der Waals surface area contributed by atoms with Gasteiger partial charge in [0.1, 0.15) is 23.1 Å². The summed E-state index contributed by atoms with van der Waals surface area (Å²) in [6.45, 7) is 6.76. The van der Waals surface area contributed by atoms with Crippen molar-refractivity contribution in [3.05, 3.63) is 60.4 Å². The number of benzene rings is 2. The Hall–Kier alpha value is -3.95. The number of fused-ring (bicyclic) bond motifs is 1. The Kier molecular flexibility index (Phi) is 6.51. The summed E-state index contributed by atoms with van der Waals surface area (Å²) < 4.78 is 13.8. The van der Waals surface area contributed by atoms with E-state index >= 15 is 0 Å². The summed E-state index contributed by atoms with van der Waals surface area (Å²) in [7, 11) is 2.63. The van der Waals surface area contributed by atoms with Crippen molar-refractivity contribution in [2.75, 3.05) is 13.1 Å². The van der Waals surface area contributed by atoms with E-state index in [1.165, 1.54) is 0 Å². The second-order valence-corrected chi connectivity index (χ2v) is 12.1. The Labute approximate surface area is 236 Å². The molecule has 2 aromatic heterocycles. The summed E-state index contributed by atoms with van der Waals surface area (Å²) in [5, 5.41) is 5.68. The van der Waals surface area contributed by atoms with Crippen LogP contribution in [0.25, 0.3) is 33.4 Å². The normalized spacial score (nSPS) is 18.0. The first-order valence-corrected chi connectivity index (χ1v) is 14.0. The highest BCUT2D eigenvalue weighted by Crippen LogP contribution is 2.54. The van der Waals surface area contributed by atoms with Gasteiger partial charge in [-0.1, -0.05) is 30.2 Å². The molecule has 40 heavy (non-hydrogen) atoms. The molecule has 1 unspecified atom stereocenters. The molecular weight excluding hydrogens is 521 g/mol. The largest absolute Gasteiger partial charge is 0.471 e. The third kappa shape index (κ3) is 5.02. The van der Waals surface area contributed by atoms with Gasteiger partial charge in [-0.2, -0.15) is 5.10 Å². The fraction of sp³-hybridized carbons (Fsp3) is 0.355. The van der Waals surface area contributed by atoms with Gasteiger partial charge in [-0.15, -0.1) is 6.42 Å². The molecule has 2 aromatic carbocycles. The molecule has 1 spiro atoms. The van der Waals surface area contributed by atoms with Gasteiger partial charge in [-0.25, -0.2) is 14.2 Å². The average Bonchev–Trinajstić information content (AvgIpc) is 3.64. The molecule has 1 saturated heterocycles. The van der Waals surface area contributed by atoms with Crippen molar-refractivity contribution in [2.45, 2.75) is 51.7 Å². The number of rotatable bonds is 4.